The second kappa shape index (κ2) is 13.6. The number of benzene rings is 1. The van der Waals surface area contributed by atoms with Crippen molar-refractivity contribution in [3.05, 3.63) is 47.0 Å². The van der Waals surface area contributed by atoms with Gasteiger partial charge in [-0.05, 0) is 37.8 Å². The minimum Gasteiger partial charge on any atom is -0.342 e. The second-order valence-corrected chi connectivity index (χ2v) is 13.1. The molecule has 1 aromatic carbocycles. The normalized spacial score (nSPS) is 16.8. The highest BCUT2D eigenvalue weighted by Gasteiger charge is 2.42. The summed E-state index contributed by atoms with van der Waals surface area (Å²) in [6.45, 7) is 17.0. The Balaban J connectivity index is 2.31. The fraction of sp³-hybridized carbons (Fsp3) is 0.594. The molecule has 10 heteroatoms. The maximum Gasteiger partial charge on any atom is 0.359 e. The number of hydrogen-bond acceptors (Lipinski definition) is 7. The first kappa shape index (κ1) is 34.7. The topological polar surface area (TPSA) is 125 Å². The molecule has 1 fully saturated rings. The Labute approximate surface area is 250 Å². The van der Waals surface area contributed by atoms with Gasteiger partial charge in [-0.3, -0.25) is 19.2 Å². The summed E-state index contributed by atoms with van der Waals surface area (Å²) < 4.78 is 0. The number of carbonyl (C=O) groups excluding carboxylic acids is 5. The van der Waals surface area contributed by atoms with Gasteiger partial charge in [0.05, 0.1) is 12.1 Å². The first-order valence-corrected chi connectivity index (χ1v) is 14.4. The van der Waals surface area contributed by atoms with Crippen molar-refractivity contribution in [2.75, 3.05) is 14.1 Å². The largest absolute Gasteiger partial charge is 0.359 e. The van der Waals surface area contributed by atoms with Gasteiger partial charge in [0.25, 0.3) is 11.8 Å². The van der Waals surface area contributed by atoms with E-state index in [1.807, 2.05) is 73.6 Å². The molecule has 1 saturated heterocycles. The molecule has 42 heavy (non-hydrogen) atoms. The minimum atomic E-state index is -0.874. The van der Waals surface area contributed by atoms with Crippen LogP contribution < -0.4 is 10.6 Å². The first-order chi connectivity index (χ1) is 19.3. The molecular formula is C32H48N4O6. The SMILES string of the molecule is CN[C@H](C(=O)NC(C(=O)N(C)[C@H](/C=C(\C)C(=O)ON1C(=O)CCC1=O)C(C)C)C(C)(C)C)C(C)(C)c1cccc(C)c1. The van der Waals surface area contributed by atoms with Crippen LogP contribution in [-0.4, -0.2) is 71.8 Å². The van der Waals surface area contributed by atoms with Crippen LogP contribution in [0.3, 0.4) is 0 Å². The van der Waals surface area contributed by atoms with E-state index in [4.69, 9.17) is 4.84 Å². The Morgan fingerprint density at radius 2 is 1.60 bits per heavy atom. The average Bonchev–Trinajstić information content (AvgIpc) is 3.20. The maximum absolute atomic E-state index is 14.0. The van der Waals surface area contributed by atoms with Crippen LogP contribution in [0.25, 0.3) is 0 Å². The third-order valence-electron chi connectivity index (χ3n) is 7.83. The van der Waals surface area contributed by atoms with Crippen LogP contribution in [-0.2, 0) is 34.2 Å². The number of hydrogen-bond donors (Lipinski definition) is 2. The number of rotatable bonds is 11. The third-order valence-corrected chi connectivity index (χ3v) is 7.83. The van der Waals surface area contributed by atoms with Gasteiger partial charge in [0, 0.05) is 30.9 Å². The van der Waals surface area contributed by atoms with Crippen LogP contribution in [0.15, 0.2) is 35.9 Å². The molecule has 0 radical (unpaired) electrons. The van der Waals surface area contributed by atoms with Crippen LogP contribution in [0, 0.1) is 18.3 Å². The van der Waals surface area contributed by atoms with Gasteiger partial charge in [-0.1, -0.05) is 84.4 Å². The van der Waals surface area contributed by atoms with E-state index in [-0.39, 0.29) is 36.1 Å². The fourth-order valence-corrected chi connectivity index (χ4v) is 5.15. The summed E-state index contributed by atoms with van der Waals surface area (Å²) in [6.07, 6.45) is 1.59. The van der Waals surface area contributed by atoms with Gasteiger partial charge in [-0.2, -0.15) is 0 Å². The minimum absolute atomic E-state index is 0.00275. The Morgan fingerprint density at radius 3 is 2.07 bits per heavy atom. The predicted octanol–water partition coefficient (Wildman–Crippen LogP) is 3.43. The number of nitrogens with zero attached hydrogens (tertiary/aromatic N) is 2. The average molecular weight is 585 g/mol. The lowest BCUT2D eigenvalue weighted by atomic mass is 9.76. The fourth-order valence-electron chi connectivity index (χ4n) is 5.15. The summed E-state index contributed by atoms with van der Waals surface area (Å²) in [5, 5.41) is 6.67. The van der Waals surface area contributed by atoms with Crippen LogP contribution >= 0.6 is 0 Å². The molecule has 2 N–H and O–H groups in total. The number of nitrogens with one attached hydrogen (secondary N) is 2. The summed E-state index contributed by atoms with van der Waals surface area (Å²) in [6, 6.07) is 5.97. The highest BCUT2D eigenvalue weighted by atomic mass is 16.7. The van der Waals surface area contributed by atoms with Crippen molar-refractivity contribution in [1.29, 1.82) is 0 Å². The summed E-state index contributed by atoms with van der Waals surface area (Å²) in [5.41, 5.74) is 1.01. The summed E-state index contributed by atoms with van der Waals surface area (Å²) >= 11 is 0. The number of carbonyl (C=O) groups is 5. The standard InChI is InChI=1S/C32H48N4O6/c1-19(2)23(18-21(4)30(41)42-36-24(37)15-16-25(36)38)35(11)29(40)27(31(5,6)7)34-28(39)26(33-10)32(8,9)22-14-12-13-20(3)17-22/h12-14,17-19,23,26-27,33H,15-16H2,1-11H3,(H,34,39)/b21-18+/t23-,26-,27?/m1/s1. The molecule has 0 aromatic heterocycles. The lowest BCUT2D eigenvalue weighted by Crippen LogP contribution is -2.61. The van der Waals surface area contributed by atoms with Crippen molar-refractivity contribution < 1.29 is 28.8 Å². The molecule has 2 rings (SSSR count). The molecule has 1 heterocycles. The van der Waals surface area contributed by atoms with Gasteiger partial charge in [0.2, 0.25) is 11.8 Å². The molecule has 4 amide bonds. The van der Waals surface area contributed by atoms with Crippen molar-refractivity contribution in [3.8, 4) is 0 Å². The number of hydroxylamine groups is 2. The van der Waals surface area contributed by atoms with E-state index in [0.29, 0.717) is 5.06 Å². The van der Waals surface area contributed by atoms with Crippen LogP contribution in [0.4, 0.5) is 0 Å². The van der Waals surface area contributed by atoms with E-state index < -0.39 is 46.7 Å². The van der Waals surface area contributed by atoms with E-state index in [9.17, 15) is 24.0 Å². The Morgan fingerprint density at radius 1 is 1.02 bits per heavy atom. The smallest absolute Gasteiger partial charge is 0.342 e. The van der Waals surface area contributed by atoms with Gasteiger partial charge in [0.15, 0.2) is 0 Å². The van der Waals surface area contributed by atoms with Crippen molar-refractivity contribution >= 4 is 29.6 Å². The van der Waals surface area contributed by atoms with Crippen molar-refractivity contribution in [3.63, 3.8) is 0 Å². The molecule has 232 valence electrons. The van der Waals surface area contributed by atoms with E-state index in [1.54, 1.807) is 20.2 Å². The van der Waals surface area contributed by atoms with E-state index in [1.165, 1.54) is 11.8 Å². The maximum atomic E-state index is 14.0. The molecule has 1 aromatic rings. The molecular weight excluding hydrogens is 536 g/mol. The van der Waals surface area contributed by atoms with Crippen LogP contribution in [0.5, 0.6) is 0 Å². The molecule has 1 aliphatic rings. The van der Waals surface area contributed by atoms with Gasteiger partial charge < -0.3 is 20.4 Å². The zero-order valence-corrected chi connectivity index (χ0v) is 27.0. The summed E-state index contributed by atoms with van der Waals surface area (Å²) in [4.78, 5) is 70.8. The molecule has 0 spiro atoms. The zero-order chi connectivity index (χ0) is 32.2. The quantitative estimate of drug-likeness (QED) is 0.302. The molecule has 0 saturated carbocycles. The van der Waals surface area contributed by atoms with Gasteiger partial charge in [0.1, 0.15) is 6.04 Å². The van der Waals surface area contributed by atoms with E-state index >= 15 is 0 Å². The van der Waals surface area contributed by atoms with E-state index in [0.717, 1.165) is 11.1 Å². The summed E-state index contributed by atoms with van der Waals surface area (Å²) in [7, 11) is 3.36. The van der Waals surface area contributed by atoms with Crippen molar-refractivity contribution in [1.82, 2.24) is 20.6 Å². The van der Waals surface area contributed by atoms with Gasteiger partial charge in [-0.15, -0.1) is 5.06 Å². The molecule has 0 bridgehead atoms. The first-order valence-electron chi connectivity index (χ1n) is 14.4. The molecule has 0 aliphatic carbocycles. The summed E-state index contributed by atoms with van der Waals surface area (Å²) in [5.74, 6) is -2.72. The number of amides is 4. The van der Waals surface area contributed by atoms with Gasteiger partial charge >= 0.3 is 5.97 Å². The Kier molecular flexibility index (Phi) is 11.3. The highest BCUT2D eigenvalue weighted by Crippen LogP contribution is 2.30. The number of aryl methyl sites for hydroxylation is 1. The molecule has 1 unspecified atom stereocenters. The number of likely N-dealkylation sites (N-methyl/N-ethyl adjacent to an activating group) is 2. The number of imide groups is 1. The van der Waals surface area contributed by atoms with E-state index in [2.05, 4.69) is 16.7 Å². The second-order valence-electron chi connectivity index (χ2n) is 13.1. The Hall–Kier alpha value is -3.53. The van der Waals surface area contributed by atoms with Crippen molar-refractivity contribution in [2.45, 2.75) is 98.7 Å². The van der Waals surface area contributed by atoms with Crippen molar-refractivity contribution in [2.24, 2.45) is 11.3 Å². The molecule has 10 nitrogen and oxygen atoms in total. The van der Waals surface area contributed by atoms with Crippen LogP contribution in [0.2, 0.25) is 0 Å². The lowest BCUT2D eigenvalue weighted by Gasteiger charge is -2.40. The molecule has 3 atom stereocenters. The third kappa shape index (κ3) is 8.06. The van der Waals surface area contributed by atoms with Crippen LogP contribution in [0.1, 0.15) is 79.4 Å². The monoisotopic (exact) mass is 584 g/mol. The van der Waals surface area contributed by atoms with Gasteiger partial charge in [-0.25, -0.2) is 4.79 Å². The lowest BCUT2D eigenvalue weighted by molar-refractivity contribution is -0.194. The molecule has 1 aliphatic heterocycles. The Bertz CT molecular complexity index is 1210. The highest BCUT2D eigenvalue weighted by molar-refractivity contribution is 6.02. The predicted molar refractivity (Wildman–Crippen MR) is 161 cm³/mol. The zero-order valence-electron chi connectivity index (χ0n) is 27.0.